The van der Waals surface area contributed by atoms with Crippen LogP contribution in [0.15, 0.2) is 0 Å². The van der Waals surface area contributed by atoms with Gasteiger partial charge in [0.1, 0.15) is 0 Å². The molecule has 0 aliphatic carbocycles. The lowest BCUT2D eigenvalue weighted by atomic mass is 10.9. The molecule has 1 N–H and O–H groups in total. The van der Waals surface area contributed by atoms with E-state index in [0.29, 0.717) is 6.61 Å². The first-order chi connectivity index (χ1) is 3.31. The Balaban J connectivity index is 2.83. The van der Waals surface area contributed by atoms with Crippen molar-refractivity contribution in [3.05, 3.63) is 0 Å². The molecule has 0 radical (unpaired) electrons. The van der Waals surface area contributed by atoms with E-state index in [2.05, 4.69) is 20.9 Å². The Morgan fingerprint density at radius 1 is 1.86 bits per heavy atom. The summed E-state index contributed by atoms with van der Waals surface area (Å²) < 4.78 is 8.19. The molecule has 0 spiro atoms. The van der Waals surface area contributed by atoms with Crippen molar-refractivity contribution >= 4 is 11.9 Å². The van der Waals surface area contributed by atoms with Gasteiger partial charge in [-0.2, -0.15) is 0 Å². The van der Waals surface area contributed by atoms with Crippen LogP contribution >= 0.6 is 11.9 Å². The van der Waals surface area contributed by atoms with Crippen LogP contribution < -0.4 is 0 Å². The number of ether oxygens (including phenoxy) is 1. The predicted octanol–water partition coefficient (Wildman–Crippen LogP) is 0.469. The Morgan fingerprint density at radius 2 is 2.43 bits per heavy atom. The molecule has 0 aromatic rings. The van der Waals surface area contributed by atoms with Gasteiger partial charge in [-0.05, 0) is 6.92 Å². The van der Waals surface area contributed by atoms with Gasteiger partial charge in [-0.15, -0.1) is 0 Å². The third-order valence-electron chi connectivity index (χ3n) is 0.385. The molecule has 4 heteroatoms. The highest BCUT2D eigenvalue weighted by molar-refractivity contribution is 6.07. The molecule has 0 fully saturated rings. The highest BCUT2D eigenvalue weighted by Gasteiger charge is 1.96. The van der Waals surface area contributed by atoms with Gasteiger partial charge in [-0.1, -0.05) is 0 Å². The summed E-state index contributed by atoms with van der Waals surface area (Å²) in [6.45, 7) is 0.819. The molecular formula is C3H7ClO3. The van der Waals surface area contributed by atoms with Crippen molar-refractivity contribution in [1.29, 1.82) is 0 Å². The summed E-state index contributed by atoms with van der Waals surface area (Å²) in [6, 6.07) is 0. The van der Waals surface area contributed by atoms with Crippen LogP contribution in [0.2, 0.25) is 0 Å². The molecule has 7 heavy (non-hydrogen) atoms. The van der Waals surface area contributed by atoms with Crippen LogP contribution in [0.5, 0.6) is 0 Å². The van der Waals surface area contributed by atoms with E-state index in [-0.39, 0.29) is 0 Å². The number of rotatable bonds is 3. The fraction of sp³-hybridized carbons (Fsp3) is 1.00. The Hall–Kier alpha value is 0.170. The van der Waals surface area contributed by atoms with Gasteiger partial charge in [0, 0.05) is 6.61 Å². The van der Waals surface area contributed by atoms with E-state index in [1.54, 1.807) is 6.92 Å². The van der Waals surface area contributed by atoms with E-state index < -0.39 is 6.48 Å². The third-order valence-corrected chi connectivity index (χ3v) is 0.538. The second-order valence-corrected chi connectivity index (χ2v) is 1.03. The summed E-state index contributed by atoms with van der Waals surface area (Å²) in [7, 11) is 0. The van der Waals surface area contributed by atoms with Gasteiger partial charge in [0.05, 0.1) is 11.9 Å². The number of hydrogen-bond donors (Lipinski definition) is 1. The van der Waals surface area contributed by atoms with Crippen LogP contribution in [0, 0.1) is 0 Å². The third kappa shape index (κ3) is 4.01. The summed E-state index contributed by atoms with van der Waals surface area (Å²) in [4.78, 5) is 0. The van der Waals surface area contributed by atoms with Crippen LogP contribution in [0.3, 0.4) is 0 Å². The van der Waals surface area contributed by atoms with Crippen molar-refractivity contribution in [3.63, 3.8) is 0 Å². The minimum absolute atomic E-state index is 0.383. The van der Waals surface area contributed by atoms with E-state index in [1.807, 2.05) is 0 Å². The Morgan fingerprint density at radius 3 is 2.57 bits per heavy atom. The fourth-order valence-electron chi connectivity index (χ4n) is 0.168. The number of aliphatic hydroxyl groups is 1. The van der Waals surface area contributed by atoms with Crippen LogP contribution in [-0.2, 0) is 9.03 Å². The molecule has 0 aliphatic rings. The molecule has 0 heterocycles. The highest BCUT2D eigenvalue weighted by atomic mass is 35.5. The van der Waals surface area contributed by atoms with Crippen LogP contribution in [0.25, 0.3) is 0 Å². The zero-order valence-corrected chi connectivity index (χ0v) is 4.68. The maximum absolute atomic E-state index is 8.28. The van der Waals surface area contributed by atoms with Crippen molar-refractivity contribution in [2.24, 2.45) is 0 Å². The molecule has 0 amide bonds. The van der Waals surface area contributed by atoms with Crippen LogP contribution in [-0.4, -0.2) is 18.2 Å². The van der Waals surface area contributed by atoms with Gasteiger partial charge in [0.25, 0.3) is 6.48 Å². The predicted molar refractivity (Wildman–Crippen MR) is 24.6 cm³/mol. The van der Waals surface area contributed by atoms with Crippen molar-refractivity contribution in [2.45, 2.75) is 13.4 Å². The topological polar surface area (TPSA) is 38.7 Å². The maximum Gasteiger partial charge on any atom is 0.286 e. The lowest BCUT2D eigenvalue weighted by molar-refractivity contribution is -0.211. The average Bonchev–Trinajstić information content (AvgIpc) is 1.68. The molecule has 0 saturated carbocycles. The largest absolute Gasteiger partial charge is 0.345 e. The van der Waals surface area contributed by atoms with Gasteiger partial charge < -0.3 is 9.84 Å². The van der Waals surface area contributed by atoms with Gasteiger partial charge in [-0.25, -0.2) is 4.29 Å². The molecule has 0 saturated heterocycles. The molecule has 0 aromatic carbocycles. The fourth-order valence-corrected chi connectivity index (χ4v) is 0.220. The highest BCUT2D eigenvalue weighted by Crippen LogP contribution is 1.90. The van der Waals surface area contributed by atoms with Crippen LogP contribution in [0.1, 0.15) is 6.92 Å². The minimum atomic E-state index is -1.29. The van der Waals surface area contributed by atoms with Gasteiger partial charge in [0.2, 0.25) is 0 Å². The molecule has 3 nitrogen and oxygen atoms in total. The van der Waals surface area contributed by atoms with E-state index >= 15 is 0 Å². The lowest BCUT2D eigenvalue weighted by Gasteiger charge is -2.02. The van der Waals surface area contributed by atoms with Crippen molar-refractivity contribution in [3.8, 4) is 0 Å². The standard InChI is InChI=1S/C3H7ClO3/c1-2-6-3(5)7-4/h3,5H,2H2,1H3. The quantitative estimate of drug-likeness (QED) is 0.559. The average molecular weight is 127 g/mol. The normalized spacial score (nSPS) is 14.1. The first-order valence-electron chi connectivity index (χ1n) is 1.88. The second-order valence-electron chi connectivity index (χ2n) is 0.851. The zero-order chi connectivity index (χ0) is 5.70. The molecule has 0 bridgehead atoms. The van der Waals surface area contributed by atoms with Crippen molar-refractivity contribution in [2.75, 3.05) is 6.61 Å². The van der Waals surface area contributed by atoms with E-state index in [1.165, 1.54) is 0 Å². The maximum atomic E-state index is 8.28. The second kappa shape index (κ2) is 4.33. The van der Waals surface area contributed by atoms with Crippen molar-refractivity contribution < 1.29 is 14.1 Å². The van der Waals surface area contributed by atoms with E-state index in [9.17, 15) is 0 Å². The SMILES string of the molecule is CCOC(O)OCl. The van der Waals surface area contributed by atoms with Gasteiger partial charge >= 0.3 is 0 Å². The molecule has 0 rings (SSSR count). The first kappa shape index (κ1) is 7.17. The summed E-state index contributed by atoms with van der Waals surface area (Å²) in [5.41, 5.74) is 0. The molecule has 0 aliphatic heterocycles. The summed E-state index contributed by atoms with van der Waals surface area (Å²) in [5.74, 6) is 0. The van der Waals surface area contributed by atoms with Gasteiger partial charge in [-0.3, -0.25) is 0 Å². The summed E-state index contributed by atoms with van der Waals surface area (Å²) in [6.07, 6.45) is 0. The molecule has 1 unspecified atom stereocenters. The number of hydrogen-bond acceptors (Lipinski definition) is 3. The van der Waals surface area contributed by atoms with Crippen LogP contribution in [0.4, 0.5) is 0 Å². The molecule has 1 atom stereocenters. The Bertz CT molecular complexity index is 41.2. The minimum Gasteiger partial charge on any atom is -0.345 e. The lowest BCUT2D eigenvalue weighted by Crippen LogP contribution is -2.10. The monoisotopic (exact) mass is 126 g/mol. The molecule has 0 aromatic heterocycles. The van der Waals surface area contributed by atoms with Gasteiger partial charge in [0.15, 0.2) is 0 Å². The zero-order valence-electron chi connectivity index (χ0n) is 3.93. The van der Waals surface area contributed by atoms with E-state index in [4.69, 9.17) is 5.11 Å². The Labute approximate surface area is 47.0 Å². The van der Waals surface area contributed by atoms with Crippen molar-refractivity contribution in [1.82, 2.24) is 0 Å². The smallest absolute Gasteiger partial charge is 0.286 e. The summed E-state index contributed by atoms with van der Waals surface area (Å²) >= 11 is 4.66. The number of halogens is 1. The number of aliphatic hydroxyl groups excluding tert-OH is 1. The Kier molecular flexibility index (Phi) is 4.44. The first-order valence-corrected chi connectivity index (χ1v) is 2.19. The summed E-state index contributed by atoms with van der Waals surface area (Å²) in [5, 5.41) is 8.28. The molecule has 44 valence electrons. The molecular weight excluding hydrogens is 119 g/mol. The van der Waals surface area contributed by atoms with E-state index in [0.717, 1.165) is 0 Å².